The molecule has 3 rings (SSSR count). The molecule has 3 nitrogen and oxygen atoms in total. The number of anilines is 1. The molecule has 20 heavy (non-hydrogen) atoms. The Balaban J connectivity index is 1.94. The summed E-state index contributed by atoms with van der Waals surface area (Å²) in [5.74, 6) is 2.83. The molecule has 1 aromatic carbocycles. The molecule has 0 N–H and O–H groups in total. The van der Waals surface area contributed by atoms with Gasteiger partial charge in [0, 0.05) is 25.9 Å². The van der Waals surface area contributed by atoms with Crippen LogP contribution in [-0.4, -0.2) is 24.1 Å². The van der Waals surface area contributed by atoms with Gasteiger partial charge in [0.15, 0.2) is 0 Å². The van der Waals surface area contributed by atoms with Crippen molar-refractivity contribution in [2.24, 2.45) is 5.92 Å². The predicted octanol–water partition coefficient (Wildman–Crippen LogP) is 3.82. The van der Waals surface area contributed by atoms with E-state index in [1.54, 1.807) is 0 Å². The minimum Gasteiger partial charge on any atom is -0.362 e. The van der Waals surface area contributed by atoms with Gasteiger partial charge in [-0.1, -0.05) is 44.2 Å². The Kier molecular flexibility index (Phi) is 3.86. The SMILES string of the molecule is CN(C)c1nc(CC2CCCCC2)nc2ccccc12. The zero-order valence-electron chi connectivity index (χ0n) is 12.5. The number of fused-ring (bicyclic) bond motifs is 1. The van der Waals surface area contributed by atoms with Crippen LogP contribution in [0.25, 0.3) is 10.9 Å². The van der Waals surface area contributed by atoms with E-state index < -0.39 is 0 Å². The molecule has 0 spiro atoms. The van der Waals surface area contributed by atoms with Crippen LogP contribution in [0.2, 0.25) is 0 Å². The molecule has 0 unspecified atom stereocenters. The first-order chi connectivity index (χ1) is 9.74. The molecular formula is C17H23N3. The van der Waals surface area contributed by atoms with E-state index in [2.05, 4.69) is 43.3 Å². The van der Waals surface area contributed by atoms with Gasteiger partial charge in [0.2, 0.25) is 0 Å². The Bertz CT molecular complexity index is 586. The fraction of sp³-hybridized carbons (Fsp3) is 0.529. The third kappa shape index (κ3) is 2.77. The minimum atomic E-state index is 0.778. The second kappa shape index (κ2) is 5.78. The number of hydrogen-bond donors (Lipinski definition) is 0. The molecule has 1 aliphatic rings. The van der Waals surface area contributed by atoms with E-state index in [1.807, 2.05) is 0 Å². The molecule has 1 heterocycles. The van der Waals surface area contributed by atoms with Crippen molar-refractivity contribution in [3.63, 3.8) is 0 Å². The van der Waals surface area contributed by atoms with Gasteiger partial charge in [-0.3, -0.25) is 0 Å². The monoisotopic (exact) mass is 269 g/mol. The van der Waals surface area contributed by atoms with E-state index in [0.717, 1.165) is 34.9 Å². The van der Waals surface area contributed by atoms with Gasteiger partial charge in [-0.05, 0) is 18.1 Å². The average Bonchev–Trinajstić information content (AvgIpc) is 2.47. The van der Waals surface area contributed by atoms with E-state index in [4.69, 9.17) is 9.97 Å². The summed E-state index contributed by atoms with van der Waals surface area (Å²) >= 11 is 0. The lowest BCUT2D eigenvalue weighted by Crippen LogP contribution is -2.16. The molecule has 1 fully saturated rings. The summed E-state index contributed by atoms with van der Waals surface area (Å²) in [4.78, 5) is 11.7. The summed E-state index contributed by atoms with van der Waals surface area (Å²) in [6.45, 7) is 0. The smallest absolute Gasteiger partial charge is 0.139 e. The number of hydrogen-bond acceptors (Lipinski definition) is 3. The maximum atomic E-state index is 4.81. The van der Waals surface area contributed by atoms with Crippen LogP contribution in [0.15, 0.2) is 24.3 Å². The first kappa shape index (κ1) is 13.3. The van der Waals surface area contributed by atoms with Gasteiger partial charge in [0.1, 0.15) is 11.6 Å². The summed E-state index contributed by atoms with van der Waals surface area (Å²) in [5.41, 5.74) is 1.07. The summed E-state index contributed by atoms with van der Waals surface area (Å²) in [7, 11) is 4.11. The molecule has 106 valence electrons. The number of benzene rings is 1. The molecule has 1 aliphatic carbocycles. The Morgan fingerprint density at radius 2 is 1.80 bits per heavy atom. The highest BCUT2D eigenvalue weighted by molar-refractivity contribution is 5.89. The van der Waals surface area contributed by atoms with Crippen LogP contribution in [0, 0.1) is 5.92 Å². The van der Waals surface area contributed by atoms with Crippen molar-refractivity contribution in [1.29, 1.82) is 0 Å². The maximum absolute atomic E-state index is 4.81. The Hall–Kier alpha value is -1.64. The minimum absolute atomic E-state index is 0.778. The lowest BCUT2D eigenvalue weighted by Gasteiger charge is -2.22. The molecule has 0 bridgehead atoms. The molecule has 0 aliphatic heterocycles. The molecule has 0 radical (unpaired) electrons. The molecule has 1 saturated carbocycles. The standard InChI is InChI=1S/C17H23N3/c1-20(2)17-14-10-6-7-11-15(14)18-16(19-17)12-13-8-4-3-5-9-13/h6-7,10-11,13H,3-5,8-9,12H2,1-2H3. The normalized spacial score (nSPS) is 16.5. The first-order valence-corrected chi connectivity index (χ1v) is 7.67. The van der Waals surface area contributed by atoms with Crippen molar-refractivity contribution in [1.82, 2.24) is 9.97 Å². The molecule has 2 aromatic rings. The van der Waals surface area contributed by atoms with E-state index in [1.165, 1.54) is 32.1 Å². The highest BCUT2D eigenvalue weighted by Gasteiger charge is 2.17. The number of para-hydroxylation sites is 1. The van der Waals surface area contributed by atoms with Crippen molar-refractivity contribution in [3.05, 3.63) is 30.1 Å². The Morgan fingerprint density at radius 1 is 1.05 bits per heavy atom. The highest BCUT2D eigenvalue weighted by atomic mass is 15.1. The summed E-state index contributed by atoms with van der Waals surface area (Å²) < 4.78 is 0. The Morgan fingerprint density at radius 3 is 2.55 bits per heavy atom. The summed E-state index contributed by atoms with van der Waals surface area (Å²) in [6, 6.07) is 8.31. The summed E-state index contributed by atoms with van der Waals surface area (Å²) in [6.07, 6.45) is 7.86. The van der Waals surface area contributed by atoms with Gasteiger partial charge in [0.05, 0.1) is 5.52 Å². The van der Waals surface area contributed by atoms with Crippen molar-refractivity contribution in [3.8, 4) is 0 Å². The van der Waals surface area contributed by atoms with Crippen molar-refractivity contribution in [2.75, 3.05) is 19.0 Å². The maximum Gasteiger partial charge on any atom is 0.139 e. The van der Waals surface area contributed by atoms with Gasteiger partial charge in [0.25, 0.3) is 0 Å². The van der Waals surface area contributed by atoms with Crippen LogP contribution >= 0.6 is 0 Å². The van der Waals surface area contributed by atoms with Crippen LogP contribution in [0.1, 0.15) is 37.9 Å². The second-order valence-electron chi connectivity index (χ2n) is 6.08. The van der Waals surface area contributed by atoms with E-state index >= 15 is 0 Å². The topological polar surface area (TPSA) is 29.0 Å². The van der Waals surface area contributed by atoms with Gasteiger partial charge < -0.3 is 4.90 Å². The average molecular weight is 269 g/mol. The zero-order valence-corrected chi connectivity index (χ0v) is 12.5. The molecule has 0 amide bonds. The number of rotatable bonds is 3. The molecule has 0 atom stereocenters. The van der Waals surface area contributed by atoms with Crippen LogP contribution in [0.3, 0.4) is 0 Å². The van der Waals surface area contributed by atoms with Gasteiger partial charge in [-0.2, -0.15) is 0 Å². The molecule has 1 aromatic heterocycles. The lowest BCUT2D eigenvalue weighted by atomic mass is 9.87. The number of nitrogens with zero attached hydrogens (tertiary/aromatic N) is 3. The fourth-order valence-electron chi connectivity index (χ4n) is 3.19. The molecule has 0 saturated heterocycles. The van der Waals surface area contributed by atoms with Crippen molar-refractivity contribution in [2.45, 2.75) is 38.5 Å². The zero-order chi connectivity index (χ0) is 13.9. The van der Waals surface area contributed by atoms with Gasteiger partial charge in [-0.15, -0.1) is 0 Å². The summed E-state index contributed by atoms with van der Waals surface area (Å²) in [5, 5.41) is 1.14. The van der Waals surface area contributed by atoms with E-state index in [9.17, 15) is 0 Å². The van der Waals surface area contributed by atoms with Gasteiger partial charge >= 0.3 is 0 Å². The second-order valence-corrected chi connectivity index (χ2v) is 6.08. The lowest BCUT2D eigenvalue weighted by molar-refractivity contribution is 0.352. The Labute approximate surface area is 121 Å². The van der Waals surface area contributed by atoms with Crippen molar-refractivity contribution < 1.29 is 0 Å². The van der Waals surface area contributed by atoms with Crippen LogP contribution in [0.4, 0.5) is 5.82 Å². The fourth-order valence-corrected chi connectivity index (χ4v) is 3.19. The predicted molar refractivity (Wildman–Crippen MR) is 84.1 cm³/mol. The van der Waals surface area contributed by atoms with E-state index in [0.29, 0.717) is 0 Å². The van der Waals surface area contributed by atoms with Gasteiger partial charge in [-0.25, -0.2) is 9.97 Å². The largest absolute Gasteiger partial charge is 0.362 e. The molecular weight excluding hydrogens is 246 g/mol. The quantitative estimate of drug-likeness (QED) is 0.848. The highest BCUT2D eigenvalue weighted by Crippen LogP contribution is 2.28. The van der Waals surface area contributed by atoms with Crippen LogP contribution in [0.5, 0.6) is 0 Å². The van der Waals surface area contributed by atoms with Crippen LogP contribution in [-0.2, 0) is 6.42 Å². The van der Waals surface area contributed by atoms with E-state index in [-0.39, 0.29) is 0 Å². The third-order valence-electron chi connectivity index (χ3n) is 4.25. The van der Waals surface area contributed by atoms with Crippen LogP contribution < -0.4 is 4.90 Å². The first-order valence-electron chi connectivity index (χ1n) is 7.67. The number of aromatic nitrogens is 2. The molecule has 3 heteroatoms. The van der Waals surface area contributed by atoms with Crippen molar-refractivity contribution >= 4 is 16.7 Å². The third-order valence-corrected chi connectivity index (χ3v) is 4.25.